The van der Waals surface area contributed by atoms with E-state index in [-0.39, 0.29) is 24.3 Å². The van der Waals surface area contributed by atoms with Gasteiger partial charge in [-0.15, -0.1) is 0 Å². The van der Waals surface area contributed by atoms with E-state index in [2.05, 4.69) is 5.32 Å². The minimum Gasteiger partial charge on any atom is -0.372 e. The molecule has 1 aliphatic rings. The molecule has 0 saturated carbocycles. The Hall–Kier alpha value is -1.76. The van der Waals surface area contributed by atoms with Crippen molar-refractivity contribution < 1.29 is 22.7 Å². The largest absolute Gasteiger partial charge is 0.416 e. The summed E-state index contributed by atoms with van der Waals surface area (Å²) < 4.78 is 43.2. The number of hydrogen-bond acceptors (Lipinski definition) is 2. The summed E-state index contributed by atoms with van der Waals surface area (Å²) in [6, 6.07) is 4.21. The molecule has 3 unspecified atom stereocenters. The van der Waals surface area contributed by atoms with Gasteiger partial charge in [-0.1, -0.05) is 12.1 Å². The molecular formula is C16H21F3N2O2. The van der Waals surface area contributed by atoms with Crippen LogP contribution in [0.4, 0.5) is 18.0 Å². The van der Waals surface area contributed by atoms with Crippen LogP contribution in [0.25, 0.3) is 0 Å². The predicted molar refractivity (Wildman–Crippen MR) is 80.0 cm³/mol. The highest BCUT2D eigenvalue weighted by Crippen LogP contribution is 2.29. The molecule has 1 heterocycles. The summed E-state index contributed by atoms with van der Waals surface area (Å²) in [4.78, 5) is 13.9. The molecule has 4 nitrogen and oxygen atoms in total. The Morgan fingerprint density at radius 1 is 1.22 bits per heavy atom. The van der Waals surface area contributed by atoms with Crippen LogP contribution in [0.1, 0.15) is 37.9 Å². The minimum absolute atomic E-state index is 0.0362. The molecule has 3 atom stereocenters. The van der Waals surface area contributed by atoms with Gasteiger partial charge in [-0.25, -0.2) is 4.79 Å². The fraction of sp³-hybridized carbons (Fsp3) is 0.562. The molecule has 1 aliphatic heterocycles. The zero-order valence-corrected chi connectivity index (χ0v) is 13.4. The number of nitrogens with zero attached hydrogens (tertiary/aromatic N) is 1. The lowest BCUT2D eigenvalue weighted by molar-refractivity contribution is -0.137. The number of urea groups is 1. The van der Waals surface area contributed by atoms with Crippen molar-refractivity contribution in [2.75, 3.05) is 13.1 Å². The number of ether oxygens (including phenoxy) is 1. The predicted octanol–water partition coefficient (Wildman–Crippen LogP) is 3.59. The molecule has 0 aliphatic carbocycles. The van der Waals surface area contributed by atoms with Crippen LogP contribution in [-0.4, -0.2) is 36.2 Å². The lowest BCUT2D eigenvalue weighted by Gasteiger charge is -2.35. The van der Waals surface area contributed by atoms with Crippen LogP contribution in [0.15, 0.2) is 24.3 Å². The maximum atomic E-state index is 12.6. The highest BCUT2D eigenvalue weighted by molar-refractivity contribution is 5.74. The summed E-state index contributed by atoms with van der Waals surface area (Å²) in [5.41, 5.74) is -0.0729. The van der Waals surface area contributed by atoms with Crippen LogP contribution in [0.2, 0.25) is 0 Å². The molecule has 1 N–H and O–H groups in total. The van der Waals surface area contributed by atoms with Gasteiger partial charge in [-0.3, -0.25) is 0 Å². The SMILES string of the molecule is CC1CN(C(=O)NC(C)c2ccc(C(F)(F)F)cc2)CC(C)O1. The number of amides is 2. The lowest BCUT2D eigenvalue weighted by atomic mass is 10.1. The van der Waals surface area contributed by atoms with Crippen molar-refractivity contribution in [3.63, 3.8) is 0 Å². The average Bonchev–Trinajstić information content (AvgIpc) is 2.45. The Morgan fingerprint density at radius 2 is 1.74 bits per heavy atom. The Labute approximate surface area is 133 Å². The Bertz CT molecular complexity index is 535. The second-order valence-corrected chi connectivity index (χ2v) is 5.95. The minimum atomic E-state index is -4.36. The summed E-state index contributed by atoms with van der Waals surface area (Å²) in [6.45, 7) is 6.53. The maximum Gasteiger partial charge on any atom is 0.416 e. The molecule has 0 radical (unpaired) electrons. The smallest absolute Gasteiger partial charge is 0.372 e. The highest BCUT2D eigenvalue weighted by Gasteiger charge is 2.30. The summed E-state index contributed by atoms with van der Waals surface area (Å²) in [5.74, 6) is 0. The molecule has 0 bridgehead atoms. The first-order valence-electron chi connectivity index (χ1n) is 7.55. The third kappa shape index (κ3) is 4.60. The molecular weight excluding hydrogens is 309 g/mol. The number of benzene rings is 1. The van der Waals surface area contributed by atoms with E-state index in [1.807, 2.05) is 13.8 Å². The van der Waals surface area contributed by atoms with Gasteiger partial charge in [0.2, 0.25) is 0 Å². The van der Waals surface area contributed by atoms with E-state index >= 15 is 0 Å². The van der Waals surface area contributed by atoms with Crippen LogP contribution in [0.5, 0.6) is 0 Å². The van der Waals surface area contributed by atoms with Gasteiger partial charge >= 0.3 is 12.2 Å². The molecule has 23 heavy (non-hydrogen) atoms. The maximum absolute atomic E-state index is 12.6. The zero-order valence-electron chi connectivity index (χ0n) is 13.4. The van der Waals surface area contributed by atoms with Crippen LogP contribution in [0, 0.1) is 0 Å². The monoisotopic (exact) mass is 330 g/mol. The van der Waals surface area contributed by atoms with Gasteiger partial charge in [0.05, 0.1) is 23.8 Å². The summed E-state index contributed by atoms with van der Waals surface area (Å²) in [5, 5.41) is 2.82. The van der Waals surface area contributed by atoms with E-state index in [9.17, 15) is 18.0 Å². The molecule has 7 heteroatoms. The van der Waals surface area contributed by atoms with Crippen molar-refractivity contribution in [3.05, 3.63) is 35.4 Å². The van der Waals surface area contributed by atoms with Crippen LogP contribution in [0.3, 0.4) is 0 Å². The Balaban J connectivity index is 1.98. The number of alkyl halides is 3. The lowest BCUT2D eigenvalue weighted by Crippen LogP contribution is -2.52. The number of carbonyl (C=O) groups is 1. The first-order chi connectivity index (χ1) is 10.7. The third-order valence-electron chi connectivity index (χ3n) is 3.78. The van der Waals surface area contributed by atoms with Crippen LogP contribution < -0.4 is 5.32 Å². The highest BCUT2D eigenvalue weighted by atomic mass is 19.4. The second-order valence-electron chi connectivity index (χ2n) is 5.95. The topological polar surface area (TPSA) is 41.6 Å². The van der Waals surface area contributed by atoms with Gasteiger partial charge in [-0.05, 0) is 38.5 Å². The van der Waals surface area contributed by atoms with Crippen molar-refractivity contribution in [2.24, 2.45) is 0 Å². The zero-order chi connectivity index (χ0) is 17.2. The van der Waals surface area contributed by atoms with Gasteiger partial charge in [0.15, 0.2) is 0 Å². The van der Waals surface area contributed by atoms with Crippen LogP contribution >= 0.6 is 0 Å². The Morgan fingerprint density at radius 3 is 2.22 bits per heavy atom. The normalized spacial score (nSPS) is 23.5. The first-order valence-corrected chi connectivity index (χ1v) is 7.55. The van der Waals surface area contributed by atoms with E-state index in [4.69, 9.17) is 4.74 Å². The standard InChI is InChI=1S/C16H21F3N2O2/c1-10-8-21(9-11(2)23-10)15(22)20-12(3)13-4-6-14(7-5-13)16(17,18)19/h4-7,10-12H,8-9H2,1-3H3,(H,20,22). The molecule has 2 rings (SSSR count). The number of hydrogen-bond donors (Lipinski definition) is 1. The van der Waals surface area contributed by atoms with Crippen molar-refractivity contribution >= 4 is 6.03 Å². The van der Waals surface area contributed by atoms with Gasteiger partial charge < -0.3 is 15.0 Å². The fourth-order valence-corrected chi connectivity index (χ4v) is 2.66. The second kappa shape index (κ2) is 6.78. The number of morpholine rings is 1. The van der Waals surface area contributed by atoms with E-state index in [1.165, 1.54) is 12.1 Å². The quantitative estimate of drug-likeness (QED) is 0.900. The number of halogens is 3. The van der Waals surface area contributed by atoms with Crippen molar-refractivity contribution in [1.29, 1.82) is 0 Å². The number of rotatable bonds is 2. The van der Waals surface area contributed by atoms with Crippen molar-refractivity contribution in [2.45, 2.75) is 45.2 Å². The molecule has 128 valence electrons. The number of carbonyl (C=O) groups excluding carboxylic acids is 1. The molecule has 1 aromatic rings. The molecule has 0 aromatic heterocycles. The van der Waals surface area contributed by atoms with Crippen molar-refractivity contribution in [3.8, 4) is 0 Å². The number of nitrogens with one attached hydrogen (secondary N) is 1. The van der Waals surface area contributed by atoms with Gasteiger partial charge in [0.25, 0.3) is 0 Å². The van der Waals surface area contributed by atoms with Gasteiger partial charge in [-0.2, -0.15) is 13.2 Å². The first kappa shape index (κ1) is 17.6. The van der Waals surface area contributed by atoms with E-state index in [0.29, 0.717) is 18.7 Å². The average molecular weight is 330 g/mol. The van der Waals surface area contributed by atoms with Crippen molar-refractivity contribution in [1.82, 2.24) is 10.2 Å². The summed E-state index contributed by atoms with van der Waals surface area (Å²) >= 11 is 0. The van der Waals surface area contributed by atoms with E-state index < -0.39 is 11.7 Å². The summed E-state index contributed by atoms with van der Waals surface area (Å²) in [7, 11) is 0. The van der Waals surface area contributed by atoms with Gasteiger partial charge in [0.1, 0.15) is 0 Å². The molecule has 1 fully saturated rings. The Kier molecular flexibility index (Phi) is 5.19. The molecule has 1 saturated heterocycles. The molecule has 1 aromatic carbocycles. The molecule has 0 spiro atoms. The van der Waals surface area contributed by atoms with Crippen LogP contribution in [-0.2, 0) is 10.9 Å². The van der Waals surface area contributed by atoms with E-state index in [0.717, 1.165) is 12.1 Å². The molecule has 2 amide bonds. The van der Waals surface area contributed by atoms with Gasteiger partial charge in [0, 0.05) is 13.1 Å². The third-order valence-corrected chi connectivity index (χ3v) is 3.78. The fourth-order valence-electron chi connectivity index (χ4n) is 2.66. The van der Waals surface area contributed by atoms with E-state index in [1.54, 1.807) is 11.8 Å². The summed E-state index contributed by atoms with van der Waals surface area (Å²) in [6.07, 6.45) is -4.43.